The summed E-state index contributed by atoms with van der Waals surface area (Å²) < 4.78 is 0. The fraction of sp³-hybridized carbons (Fsp3) is 0.667. The van der Waals surface area contributed by atoms with E-state index in [1.54, 1.807) is 0 Å². The van der Waals surface area contributed by atoms with Crippen molar-refractivity contribution in [3.8, 4) is 0 Å². The minimum absolute atomic E-state index is 0.0505. The molecule has 1 aliphatic carbocycles. The van der Waals surface area contributed by atoms with Crippen LogP contribution in [0.25, 0.3) is 0 Å². The van der Waals surface area contributed by atoms with Crippen molar-refractivity contribution < 1.29 is 14.4 Å². The van der Waals surface area contributed by atoms with Crippen LogP contribution in [0.2, 0.25) is 0 Å². The van der Waals surface area contributed by atoms with Gasteiger partial charge in [-0.1, -0.05) is 18.2 Å². The Morgan fingerprint density at radius 3 is 2.43 bits per heavy atom. The van der Waals surface area contributed by atoms with Crippen LogP contribution in [0.3, 0.4) is 0 Å². The Hall–Kier alpha value is -0.840. The van der Waals surface area contributed by atoms with E-state index in [2.05, 4.69) is 5.32 Å². The molecule has 14 heavy (non-hydrogen) atoms. The normalized spacial score (nSPS) is 15.8. The van der Waals surface area contributed by atoms with Gasteiger partial charge in [0.2, 0.25) is 11.8 Å². The highest BCUT2D eigenvalue weighted by Gasteiger charge is 2.25. The molecule has 0 aliphatic heterocycles. The van der Waals surface area contributed by atoms with E-state index in [9.17, 15) is 14.4 Å². The molecule has 0 bridgehead atoms. The van der Waals surface area contributed by atoms with Crippen molar-refractivity contribution in [2.75, 3.05) is 5.75 Å². The number of amides is 2. The van der Waals surface area contributed by atoms with E-state index in [0.29, 0.717) is 0 Å². The summed E-state index contributed by atoms with van der Waals surface area (Å²) in [6.07, 6.45) is 3.00. The quantitative estimate of drug-likeness (QED) is 0.753. The lowest BCUT2D eigenvalue weighted by Crippen LogP contribution is -2.30. The molecule has 5 heteroatoms. The van der Waals surface area contributed by atoms with Gasteiger partial charge in [0, 0.05) is 12.8 Å². The number of imide groups is 1. The van der Waals surface area contributed by atoms with Gasteiger partial charge in [0.1, 0.15) is 0 Å². The van der Waals surface area contributed by atoms with E-state index in [0.717, 1.165) is 31.0 Å². The molecule has 0 atom stereocenters. The molecule has 2 amide bonds. The molecule has 1 N–H and O–H groups in total. The van der Waals surface area contributed by atoms with Crippen LogP contribution in [0.1, 0.15) is 26.2 Å². The molecule has 0 radical (unpaired) electrons. The fourth-order valence-electron chi connectivity index (χ4n) is 1.13. The Morgan fingerprint density at radius 2 is 2.00 bits per heavy atom. The van der Waals surface area contributed by atoms with Crippen molar-refractivity contribution in [2.45, 2.75) is 26.2 Å². The summed E-state index contributed by atoms with van der Waals surface area (Å²) in [4.78, 5) is 32.8. The zero-order chi connectivity index (χ0) is 10.6. The number of nitrogens with one attached hydrogen (secondary N) is 1. The summed E-state index contributed by atoms with van der Waals surface area (Å²) in [5, 5.41) is 2.20. The zero-order valence-electron chi connectivity index (χ0n) is 8.04. The first-order chi connectivity index (χ1) is 6.59. The highest BCUT2D eigenvalue weighted by molar-refractivity contribution is 8.14. The van der Waals surface area contributed by atoms with E-state index >= 15 is 0 Å². The first-order valence-electron chi connectivity index (χ1n) is 4.56. The summed E-state index contributed by atoms with van der Waals surface area (Å²) in [6, 6.07) is 0. The number of carbonyl (C=O) groups is 3. The molecule has 0 aromatic heterocycles. The Labute approximate surface area is 86.8 Å². The van der Waals surface area contributed by atoms with Gasteiger partial charge in [0.15, 0.2) is 5.12 Å². The molecule has 0 spiro atoms. The van der Waals surface area contributed by atoms with E-state index in [1.165, 1.54) is 6.92 Å². The zero-order valence-corrected chi connectivity index (χ0v) is 8.86. The van der Waals surface area contributed by atoms with Crippen molar-refractivity contribution in [1.82, 2.24) is 5.32 Å². The van der Waals surface area contributed by atoms with Gasteiger partial charge >= 0.3 is 0 Å². The third-order valence-electron chi connectivity index (χ3n) is 2.10. The van der Waals surface area contributed by atoms with Crippen molar-refractivity contribution in [3.63, 3.8) is 0 Å². The Balaban J connectivity index is 2.15. The molecule has 0 aromatic carbocycles. The first kappa shape index (κ1) is 11.2. The highest BCUT2D eigenvalue weighted by Crippen LogP contribution is 2.30. The van der Waals surface area contributed by atoms with Crippen LogP contribution in [0.4, 0.5) is 0 Å². The van der Waals surface area contributed by atoms with Crippen molar-refractivity contribution in [3.05, 3.63) is 0 Å². The van der Waals surface area contributed by atoms with Gasteiger partial charge in [0.25, 0.3) is 0 Å². The number of hydrogen-bond acceptors (Lipinski definition) is 4. The third kappa shape index (κ3) is 3.49. The molecule has 0 saturated heterocycles. The fourth-order valence-corrected chi connectivity index (χ4v) is 1.95. The highest BCUT2D eigenvalue weighted by atomic mass is 32.2. The standard InChI is InChI=1S/C9H13NO3S/c1-6(11)10-8(12)5-14-9(13)7-3-2-4-7/h7H,2-5H2,1H3,(H,10,11,12). The Bertz CT molecular complexity index is 261. The van der Waals surface area contributed by atoms with Crippen LogP contribution >= 0.6 is 11.8 Å². The number of rotatable bonds is 3. The average molecular weight is 215 g/mol. The minimum Gasteiger partial charge on any atom is -0.296 e. The second-order valence-corrected chi connectivity index (χ2v) is 4.32. The minimum atomic E-state index is -0.393. The predicted molar refractivity (Wildman–Crippen MR) is 53.6 cm³/mol. The van der Waals surface area contributed by atoms with Gasteiger partial charge in [-0.3, -0.25) is 19.7 Å². The van der Waals surface area contributed by atoms with Gasteiger partial charge in [0.05, 0.1) is 5.75 Å². The van der Waals surface area contributed by atoms with Gasteiger partial charge in [-0.25, -0.2) is 0 Å². The molecule has 0 unspecified atom stereocenters. The largest absolute Gasteiger partial charge is 0.296 e. The first-order valence-corrected chi connectivity index (χ1v) is 5.55. The van der Waals surface area contributed by atoms with Gasteiger partial charge in [-0.2, -0.15) is 0 Å². The number of thioether (sulfide) groups is 1. The topological polar surface area (TPSA) is 63.2 Å². The number of hydrogen-bond donors (Lipinski definition) is 1. The number of carbonyl (C=O) groups excluding carboxylic acids is 3. The van der Waals surface area contributed by atoms with E-state index in [4.69, 9.17) is 0 Å². The SMILES string of the molecule is CC(=O)NC(=O)CSC(=O)C1CCC1. The second kappa shape index (κ2) is 5.14. The predicted octanol–water partition coefficient (Wildman–Crippen LogP) is 0.709. The third-order valence-corrected chi connectivity index (χ3v) is 3.12. The molecule has 1 aliphatic rings. The molecule has 0 aromatic rings. The summed E-state index contributed by atoms with van der Waals surface area (Å²) >= 11 is 1.01. The Morgan fingerprint density at radius 1 is 1.36 bits per heavy atom. The lowest BCUT2D eigenvalue weighted by molar-refractivity contribution is -0.128. The van der Waals surface area contributed by atoms with Crippen LogP contribution in [0.15, 0.2) is 0 Å². The van der Waals surface area contributed by atoms with Crippen LogP contribution in [-0.4, -0.2) is 22.7 Å². The maximum absolute atomic E-state index is 11.3. The van der Waals surface area contributed by atoms with E-state index < -0.39 is 5.91 Å². The molecular formula is C9H13NO3S. The van der Waals surface area contributed by atoms with Crippen LogP contribution in [0.5, 0.6) is 0 Å². The molecular weight excluding hydrogens is 202 g/mol. The van der Waals surface area contributed by atoms with Crippen molar-refractivity contribution >= 4 is 28.7 Å². The smallest absolute Gasteiger partial charge is 0.237 e. The monoisotopic (exact) mass is 215 g/mol. The molecule has 1 saturated carbocycles. The van der Waals surface area contributed by atoms with Gasteiger partial charge < -0.3 is 0 Å². The van der Waals surface area contributed by atoms with Crippen LogP contribution < -0.4 is 5.32 Å². The summed E-state index contributed by atoms with van der Waals surface area (Å²) in [7, 11) is 0. The molecule has 4 nitrogen and oxygen atoms in total. The summed E-state index contributed by atoms with van der Waals surface area (Å²) in [5.74, 6) is -0.582. The van der Waals surface area contributed by atoms with E-state index in [-0.39, 0.29) is 22.7 Å². The van der Waals surface area contributed by atoms with Crippen molar-refractivity contribution in [1.29, 1.82) is 0 Å². The van der Waals surface area contributed by atoms with Crippen LogP contribution in [-0.2, 0) is 14.4 Å². The van der Waals surface area contributed by atoms with Gasteiger partial charge in [-0.05, 0) is 12.8 Å². The average Bonchev–Trinajstić information content (AvgIpc) is 1.96. The molecule has 78 valence electrons. The lowest BCUT2D eigenvalue weighted by atomic mass is 9.87. The molecule has 1 rings (SSSR count). The molecule has 0 heterocycles. The van der Waals surface area contributed by atoms with E-state index in [1.807, 2.05) is 0 Å². The van der Waals surface area contributed by atoms with Crippen molar-refractivity contribution in [2.24, 2.45) is 5.92 Å². The maximum atomic E-state index is 11.3. The lowest BCUT2D eigenvalue weighted by Gasteiger charge is -2.22. The maximum Gasteiger partial charge on any atom is 0.237 e. The Kier molecular flexibility index (Phi) is 4.13. The molecule has 1 fully saturated rings. The second-order valence-electron chi connectivity index (χ2n) is 3.34. The van der Waals surface area contributed by atoms with Gasteiger partial charge in [-0.15, -0.1) is 0 Å². The summed E-state index contributed by atoms with van der Waals surface area (Å²) in [6.45, 7) is 1.27. The summed E-state index contributed by atoms with van der Waals surface area (Å²) in [5.41, 5.74) is 0. The van der Waals surface area contributed by atoms with Crippen LogP contribution in [0, 0.1) is 5.92 Å².